The number of para-hydroxylation sites is 1. The fraction of sp³-hybridized carbons (Fsp3) is 0.286. The molecule has 1 aromatic carbocycles. The predicted molar refractivity (Wildman–Crippen MR) is 80.1 cm³/mol. The van der Waals surface area contributed by atoms with Crippen LogP contribution in [0.2, 0.25) is 0 Å². The maximum absolute atomic E-state index is 12.1. The number of hydrogen-bond acceptors (Lipinski definition) is 4. The number of amides is 1. The summed E-state index contributed by atoms with van der Waals surface area (Å²) in [7, 11) is -3.84. The lowest BCUT2D eigenvalue weighted by atomic mass is 10.2. The largest absolute Gasteiger partial charge is 0.268 e. The number of alkyl halides is 1. The molecule has 0 aliphatic rings. The average molecular weight is 325 g/mol. The van der Waals surface area contributed by atoms with Gasteiger partial charge in [-0.05, 0) is 25.5 Å². The number of nitrogens with zero attached hydrogens (tertiary/aromatic N) is 2. The third-order valence-electron chi connectivity index (χ3n) is 3.05. The number of hydrogen-bond donors (Lipinski definition) is 1. The zero-order chi connectivity index (χ0) is 16.2. The van der Waals surface area contributed by atoms with E-state index in [1.165, 1.54) is 6.20 Å². The Balaban J connectivity index is 2.20. The Morgan fingerprint density at radius 2 is 2.00 bits per heavy atom. The molecule has 0 fully saturated rings. The topological polar surface area (TPSA) is 81.1 Å². The molecule has 0 atom stereocenters. The van der Waals surface area contributed by atoms with E-state index >= 15 is 0 Å². The van der Waals surface area contributed by atoms with Crippen LogP contribution >= 0.6 is 0 Å². The van der Waals surface area contributed by atoms with Crippen LogP contribution in [0.15, 0.2) is 36.5 Å². The van der Waals surface area contributed by atoms with Crippen molar-refractivity contribution in [2.24, 2.45) is 0 Å². The van der Waals surface area contributed by atoms with Crippen LogP contribution in [0.25, 0.3) is 5.69 Å². The van der Waals surface area contributed by atoms with E-state index in [4.69, 9.17) is 0 Å². The second-order valence-corrected chi connectivity index (χ2v) is 6.53. The number of benzene rings is 1. The molecule has 0 radical (unpaired) electrons. The quantitative estimate of drug-likeness (QED) is 0.875. The third-order valence-corrected chi connectivity index (χ3v) is 4.37. The van der Waals surface area contributed by atoms with E-state index in [0.29, 0.717) is 5.69 Å². The highest BCUT2D eigenvalue weighted by Gasteiger charge is 2.20. The Labute approximate surface area is 128 Å². The molecular formula is C14H16FN3O3S. The molecule has 0 spiro atoms. The molecule has 0 unspecified atom stereocenters. The van der Waals surface area contributed by atoms with Gasteiger partial charge in [0.15, 0.2) is 0 Å². The van der Waals surface area contributed by atoms with Gasteiger partial charge in [0.2, 0.25) is 10.0 Å². The van der Waals surface area contributed by atoms with Gasteiger partial charge in [-0.1, -0.05) is 18.2 Å². The highest BCUT2D eigenvalue weighted by Crippen LogP contribution is 2.14. The summed E-state index contributed by atoms with van der Waals surface area (Å²) in [6.45, 7) is 0.920. The normalized spacial score (nSPS) is 11.4. The van der Waals surface area contributed by atoms with E-state index in [0.717, 1.165) is 5.69 Å². The van der Waals surface area contributed by atoms with Crippen LogP contribution in [-0.4, -0.2) is 36.5 Å². The van der Waals surface area contributed by atoms with E-state index in [2.05, 4.69) is 5.10 Å². The molecule has 6 nitrogen and oxygen atoms in total. The van der Waals surface area contributed by atoms with E-state index in [-0.39, 0.29) is 12.0 Å². The Morgan fingerprint density at radius 3 is 2.64 bits per heavy atom. The summed E-state index contributed by atoms with van der Waals surface area (Å²) in [4.78, 5) is 12.1. The van der Waals surface area contributed by atoms with Gasteiger partial charge in [0, 0.05) is 0 Å². The molecule has 0 aliphatic carbocycles. The summed E-state index contributed by atoms with van der Waals surface area (Å²) in [5.74, 6) is -1.19. The van der Waals surface area contributed by atoms with E-state index in [9.17, 15) is 17.6 Å². The highest BCUT2D eigenvalue weighted by molar-refractivity contribution is 7.90. The molecule has 0 aliphatic heterocycles. The molecule has 1 amide bonds. The van der Waals surface area contributed by atoms with Crippen molar-refractivity contribution in [1.29, 1.82) is 0 Å². The minimum absolute atomic E-state index is 0.148. The second-order valence-electron chi connectivity index (χ2n) is 4.68. The van der Waals surface area contributed by atoms with Crippen LogP contribution in [0.1, 0.15) is 22.5 Å². The van der Waals surface area contributed by atoms with E-state index in [1.807, 2.05) is 35.1 Å². The van der Waals surface area contributed by atoms with Crippen molar-refractivity contribution < 1.29 is 17.6 Å². The van der Waals surface area contributed by atoms with Gasteiger partial charge in [-0.25, -0.2) is 17.8 Å². The number of rotatable bonds is 6. The Morgan fingerprint density at radius 1 is 1.32 bits per heavy atom. The van der Waals surface area contributed by atoms with Crippen LogP contribution in [0, 0.1) is 6.92 Å². The molecule has 22 heavy (non-hydrogen) atoms. The van der Waals surface area contributed by atoms with Gasteiger partial charge in [-0.15, -0.1) is 0 Å². The van der Waals surface area contributed by atoms with Gasteiger partial charge in [0.1, 0.15) is 0 Å². The number of sulfonamides is 1. The van der Waals surface area contributed by atoms with Crippen molar-refractivity contribution in [2.75, 3.05) is 12.4 Å². The lowest BCUT2D eigenvalue weighted by Crippen LogP contribution is -2.33. The molecule has 1 aromatic heterocycles. The van der Waals surface area contributed by atoms with Crippen LogP contribution in [0.4, 0.5) is 4.39 Å². The minimum atomic E-state index is -3.84. The van der Waals surface area contributed by atoms with Gasteiger partial charge >= 0.3 is 0 Å². The summed E-state index contributed by atoms with van der Waals surface area (Å²) in [6.07, 6.45) is 1.16. The van der Waals surface area contributed by atoms with Crippen LogP contribution in [0.5, 0.6) is 0 Å². The number of halogens is 1. The first-order valence-electron chi connectivity index (χ1n) is 6.65. The van der Waals surface area contributed by atoms with E-state index in [1.54, 1.807) is 11.6 Å². The summed E-state index contributed by atoms with van der Waals surface area (Å²) in [5.41, 5.74) is 1.44. The first kappa shape index (κ1) is 16.2. The van der Waals surface area contributed by atoms with Crippen LogP contribution in [-0.2, 0) is 10.0 Å². The molecule has 8 heteroatoms. The van der Waals surface area contributed by atoms with Gasteiger partial charge in [-0.3, -0.25) is 9.18 Å². The lowest BCUT2D eigenvalue weighted by Gasteiger charge is -2.07. The van der Waals surface area contributed by atoms with Gasteiger partial charge in [0.25, 0.3) is 5.91 Å². The first-order chi connectivity index (χ1) is 10.4. The lowest BCUT2D eigenvalue weighted by molar-refractivity contribution is 0.0980. The Kier molecular flexibility index (Phi) is 4.92. The van der Waals surface area contributed by atoms with Crippen molar-refractivity contribution in [3.8, 4) is 5.69 Å². The standard InChI is InChI=1S/C14H16FN3O3S/c1-11-13(14(19)17-22(20,21)9-5-8-15)10-16-18(11)12-6-3-2-4-7-12/h2-4,6-7,10H,5,8-9H2,1H3,(H,17,19). The van der Waals surface area contributed by atoms with Crippen LogP contribution in [0.3, 0.4) is 0 Å². The number of carbonyl (C=O) groups excluding carboxylic acids is 1. The highest BCUT2D eigenvalue weighted by atomic mass is 32.2. The second kappa shape index (κ2) is 6.69. The average Bonchev–Trinajstić information content (AvgIpc) is 2.87. The third kappa shape index (κ3) is 3.70. The molecule has 0 saturated heterocycles. The zero-order valence-corrected chi connectivity index (χ0v) is 12.8. The molecule has 0 saturated carbocycles. The SMILES string of the molecule is Cc1c(C(=O)NS(=O)(=O)CCCF)cnn1-c1ccccc1. The molecule has 1 heterocycles. The molecule has 1 N–H and O–H groups in total. The van der Waals surface area contributed by atoms with Crippen molar-refractivity contribution in [1.82, 2.24) is 14.5 Å². The maximum atomic E-state index is 12.1. The molecule has 118 valence electrons. The van der Waals surface area contributed by atoms with Crippen LogP contribution < -0.4 is 4.72 Å². The monoisotopic (exact) mass is 325 g/mol. The number of nitrogens with one attached hydrogen (secondary N) is 1. The van der Waals surface area contributed by atoms with Crippen molar-refractivity contribution in [3.05, 3.63) is 47.8 Å². The summed E-state index contributed by atoms with van der Waals surface area (Å²) < 4.78 is 38.8. The van der Waals surface area contributed by atoms with Gasteiger partial charge < -0.3 is 0 Å². The maximum Gasteiger partial charge on any atom is 0.268 e. The minimum Gasteiger partial charge on any atom is -0.268 e. The van der Waals surface area contributed by atoms with Crippen molar-refractivity contribution in [3.63, 3.8) is 0 Å². The predicted octanol–water partition coefficient (Wildman–Crippen LogP) is 1.60. The van der Waals surface area contributed by atoms with Crippen molar-refractivity contribution in [2.45, 2.75) is 13.3 Å². The molecular weight excluding hydrogens is 309 g/mol. The molecule has 0 bridgehead atoms. The summed E-state index contributed by atoms with van der Waals surface area (Å²) >= 11 is 0. The molecule has 2 aromatic rings. The number of carbonyl (C=O) groups is 1. The summed E-state index contributed by atoms with van der Waals surface area (Å²) in [6, 6.07) is 9.15. The fourth-order valence-electron chi connectivity index (χ4n) is 1.95. The van der Waals surface area contributed by atoms with Gasteiger partial charge in [-0.2, -0.15) is 5.10 Å². The Hall–Kier alpha value is -2.22. The van der Waals surface area contributed by atoms with Crippen molar-refractivity contribution >= 4 is 15.9 Å². The van der Waals surface area contributed by atoms with E-state index < -0.39 is 28.4 Å². The first-order valence-corrected chi connectivity index (χ1v) is 8.30. The van der Waals surface area contributed by atoms with Gasteiger partial charge in [0.05, 0.1) is 35.6 Å². The number of aromatic nitrogens is 2. The zero-order valence-electron chi connectivity index (χ0n) is 12.0. The summed E-state index contributed by atoms with van der Waals surface area (Å²) in [5, 5.41) is 4.10. The fourth-order valence-corrected chi connectivity index (χ4v) is 2.94. The smallest absolute Gasteiger partial charge is 0.268 e. The molecule has 2 rings (SSSR count). The Bertz CT molecular complexity index is 757.